The minimum Gasteiger partial charge on any atom is -0.369 e. The Bertz CT molecular complexity index is 562. The summed E-state index contributed by atoms with van der Waals surface area (Å²) >= 11 is 1.73. The lowest BCUT2D eigenvalue weighted by Gasteiger charge is -2.30. The third-order valence-electron chi connectivity index (χ3n) is 3.60. The average Bonchev–Trinajstić information content (AvgIpc) is 2.81. The van der Waals surface area contributed by atoms with Gasteiger partial charge in [-0.1, -0.05) is 12.1 Å². The van der Waals surface area contributed by atoms with Crippen LogP contribution in [0.25, 0.3) is 10.2 Å². The molecule has 3 rings (SSSR count). The van der Waals surface area contributed by atoms with E-state index in [1.54, 1.807) is 11.3 Å². The number of amides is 1. The number of rotatable bonds is 3. The molecule has 4 nitrogen and oxygen atoms in total. The molecule has 0 aliphatic carbocycles. The van der Waals surface area contributed by atoms with Crippen LogP contribution in [0.4, 0.5) is 0 Å². The molecule has 1 atom stereocenters. The van der Waals surface area contributed by atoms with Crippen LogP contribution in [-0.2, 0) is 11.3 Å². The molecule has 2 N–H and O–H groups in total. The summed E-state index contributed by atoms with van der Waals surface area (Å²) in [6.07, 6.45) is 1.96. The summed E-state index contributed by atoms with van der Waals surface area (Å²) < 4.78 is 1.22. The molecular formula is C14H17N3OS. The van der Waals surface area contributed by atoms with Gasteiger partial charge < -0.3 is 5.73 Å². The smallest absolute Gasteiger partial charge is 0.221 e. The molecule has 0 radical (unpaired) electrons. The summed E-state index contributed by atoms with van der Waals surface area (Å²) in [6.45, 7) is 2.62. The van der Waals surface area contributed by atoms with Gasteiger partial charge in [-0.15, -0.1) is 11.3 Å². The number of para-hydroxylation sites is 1. The van der Waals surface area contributed by atoms with Gasteiger partial charge in [0.25, 0.3) is 0 Å². The van der Waals surface area contributed by atoms with E-state index in [2.05, 4.69) is 16.0 Å². The first kappa shape index (κ1) is 12.6. The number of carbonyl (C=O) groups is 1. The number of thiazole rings is 1. The van der Waals surface area contributed by atoms with Crippen molar-refractivity contribution in [3.63, 3.8) is 0 Å². The number of likely N-dealkylation sites (tertiary alicyclic amines) is 1. The fourth-order valence-corrected chi connectivity index (χ4v) is 3.62. The van der Waals surface area contributed by atoms with Crippen molar-refractivity contribution in [3.05, 3.63) is 29.3 Å². The van der Waals surface area contributed by atoms with Crippen molar-refractivity contribution >= 4 is 27.5 Å². The molecule has 0 saturated carbocycles. The second-order valence-electron chi connectivity index (χ2n) is 5.05. The molecule has 1 saturated heterocycles. The summed E-state index contributed by atoms with van der Waals surface area (Å²) in [6, 6.07) is 8.18. The number of benzene rings is 1. The lowest BCUT2D eigenvalue weighted by Crippen LogP contribution is -2.40. The number of hydrogen-bond acceptors (Lipinski definition) is 4. The van der Waals surface area contributed by atoms with Crippen LogP contribution >= 0.6 is 11.3 Å². The van der Waals surface area contributed by atoms with Crippen LogP contribution in [0.15, 0.2) is 24.3 Å². The monoisotopic (exact) mass is 275 g/mol. The number of hydrogen-bond donors (Lipinski definition) is 1. The van der Waals surface area contributed by atoms with E-state index in [-0.39, 0.29) is 11.8 Å². The Balaban J connectivity index is 1.72. The number of nitrogens with two attached hydrogens (primary N) is 1. The topological polar surface area (TPSA) is 59.2 Å². The number of piperidine rings is 1. The second-order valence-corrected chi connectivity index (χ2v) is 6.17. The van der Waals surface area contributed by atoms with Crippen LogP contribution in [0.1, 0.15) is 17.8 Å². The zero-order chi connectivity index (χ0) is 13.2. The molecule has 0 unspecified atom stereocenters. The van der Waals surface area contributed by atoms with Gasteiger partial charge >= 0.3 is 0 Å². The van der Waals surface area contributed by atoms with E-state index in [9.17, 15) is 4.79 Å². The largest absolute Gasteiger partial charge is 0.369 e. The standard InChI is InChI=1S/C14H17N3OS/c15-14(18)10-4-3-7-17(8-10)9-13-16-11-5-1-2-6-12(11)19-13/h1-2,5-6,10H,3-4,7-9H2,(H2,15,18)/t10-/m1/s1. The highest BCUT2D eigenvalue weighted by atomic mass is 32.1. The van der Waals surface area contributed by atoms with Gasteiger partial charge in [0.05, 0.1) is 22.7 Å². The maximum Gasteiger partial charge on any atom is 0.221 e. The van der Waals surface area contributed by atoms with Crippen molar-refractivity contribution in [1.82, 2.24) is 9.88 Å². The molecular weight excluding hydrogens is 258 g/mol. The van der Waals surface area contributed by atoms with E-state index in [0.717, 1.165) is 43.0 Å². The molecule has 1 aromatic heterocycles. The fourth-order valence-electron chi connectivity index (χ4n) is 2.61. The summed E-state index contributed by atoms with van der Waals surface area (Å²) in [7, 11) is 0. The van der Waals surface area contributed by atoms with Crippen LogP contribution < -0.4 is 5.73 Å². The van der Waals surface area contributed by atoms with Crippen molar-refractivity contribution in [2.45, 2.75) is 19.4 Å². The van der Waals surface area contributed by atoms with Crippen molar-refractivity contribution in [2.24, 2.45) is 11.7 Å². The van der Waals surface area contributed by atoms with Gasteiger partial charge in [-0.2, -0.15) is 0 Å². The van der Waals surface area contributed by atoms with Gasteiger partial charge in [0.2, 0.25) is 5.91 Å². The maximum atomic E-state index is 11.3. The molecule has 19 heavy (non-hydrogen) atoms. The van der Waals surface area contributed by atoms with E-state index in [4.69, 9.17) is 5.73 Å². The Morgan fingerprint density at radius 1 is 1.47 bits per heavy atom. The molecule has 1 fully saturated rings. The van der Waals surface area contributed by atoms with Gasteiger partial charge in [-0.05, 0) is 31.5 Å². The SMILES string of the molecule is NC(=O)[C@@H]1CCCN(Cc2nc3ccccc3s2)C1. The zero-order valence-electron chi connectivity index (χ0n) is 10.7. The van der Waals surface area contributed by atoms with Crippen LogP contribution in [0.5, 0.6) is 0 Å². The molecule has 1 aromatic carbocycles. The highest BCUT2D eigenvalue weighted by Crippen LogP contribution is 2.24. The quantitative estimate of drug-likeness (QED) is 0.932. The number of nitrogens with zero attached hydrogens (tertiary/aromatic N) is 2. The van der Waals surface area contributed by atoms with E-state index in [0.29, 0.717) is 0 Å². The zero-order valence-corrected chi connectivity index (χ0v) is 11.5. The van der Waals surface area contributed by atoms with E-state index >= 15 is 0 Å². The number of fused-ring (bicyclic) bond motifs is 1. The fraction of sp³-hybridized carbons (Fsp3) is 0.429. The average molecular weight is 275 g/mol. The summed E-state index contributed by atoms with van der Waals surface area (Å²) in [5.41, 5.74) is 6.47. The lowest BCUT2D eigenvalue weighted by molar-refractivity contribution is -0.123. The van der Waals surface area contributed by atoms with Gasteiger partial charge in [0.1, 0.15) is 5.01 Å². The molecule has 1 aliphatic heterocycles. The first-order valence-corrected chi connectivity index (χ1v) is 7.40. The molecule has 0 spiro atoms. The van der Waals surface area contributed by atoms with E-state index in [1.807, 2.05) is 18.2 Å². The molecule has 1 aliphatic rings. The van der Waals surface area contributed by atoms with Crippen molar-refractivity contribution < 1.29 is 4.79 Å². The number of aromatic nitrogens is 1. The van der Waals surface area contributed by atoms with Crippen LogP contribution in [0.3, 0.4) is 0 Å². The van der Waals surface area contributed by atoms with Crippen molar-refractivity contribution in [3.8, 4) is 0 Å². The minimum absolute atomic E-state index is 0.00290. The first-order valence-electron chi connectivity index (χ1n) is 6.58. The summed E-state index contributed by atoms with van der Waals surface area (Å²) in [5.74, 6) is -0.169. The normalized spacial score (nSPS) is 20.7. The Labute approximate surface area is 116 Å². The van der Waals surface area contributed by atoms with Crippen LogP contribution in [0.2, 0.25) is 0 Å². The summed E-state index contributed by atoms with van der Waals surface area (Å²) in [4.78, 5) is 18.2. The van der Waals surface area contributed by atoms with Gasteiger partial charge in [-0.25, -0.2) is 4.98 Å². The van der Waals surface area contributed by atoms with Crippen LogP contribution in [-0.4, -0.2) is 28.9 Å². The Hall–Kier alpha value is -1.46. The van der Waals surface area contributed by atoms with Gasteiger partial charge in [-0.3, -0.25) is 9.69 Å². The maximum absolute atomic E-state index is 11.3. The Kier molecular flexibility index (Phi) is 3.48. The second kappa shape index (κ2) is 5.27. The molecule has 5 heteroatoms. The van der Waals surface area contributed by atoms with Gasteiger partial charge in [0, 0.05) is 6.54 Å². The lowest BCUT2D eigenvalue weighted by atomic mass is 9.98. The third kappa shape index (κ3) is 2.77. The highest BCUT2D eigenvalue weighted by Gasteiger charge is 2.24. The predicted molar refractivity (Wildman–Crippen MR) is 76.8 cm³/mol. The third-order valence-corrected chi connectivity index (χ3v) is 4.63. The van der Waals surface area contributed by atoms with Gasteiger partial charge in [0.15, 0.2) is 0 Å². The van der Waals surface area contributed by atoms with Crippen molar-refractivity contribution in [1.29, 1.82) is 0 Å². The number of primary amides is 1. The molecule has 2 aromatic rings. The highest BCUT2D eigenvalue weighted by molar-refractivity contribution is 7.18. The van der Waals surface area contributed by atoms with E-state index in [1.165, 1.54) is 4.70 Å². The number of carbonyl (C=O) groups excluding carboxylic acids is 1. The first-order chi connectivity index (χ1) is 9.22. The Morgan fingerprint density at radius 3 is 3.11 bits per heavy atom. The predicted octanol–water partition coefficient (Wildman–Crippen LogP) is 1.99. The molecule has 2 heterocycles. The molecule has 100 valence electrons. The van der Waals surface area contributed by atoms with E-state index < -0.39 is 0 Å². The minimum atomic E-state index is -0.172. The Morgan fingerprint density at radius 2 is 2.32 bits per heavy atom. The van der Waals surface area contributed by atoms with Crippen LogP contribution in [0, 0.1) is 5.92 Å². The molecule has 1 amide bonds. The molecule has 0 bridgehead atoms. The van der Waals surface area contributed by atoms with Crippen molar-refractivity contribution in [2.75, 3.05) is 13.1 Å². The summed E-state index contributed by atoms with van der Waals surface area (Å²) in [5, 5.41) is 1.12.